The number of rotatable bonds is 51. The van der Waals surface area contributed by atoms with E-state index in [0.717, 1.165) is 109 Å². The van der Waals surface area contributed by atoms with E-state index in [4.69, 9.17) is 23.7 Å². The summed E-state index contributed by atoms with van der Waals surface area (Å²) in [6.07, 6.45) is 55.5. The van der Waals surface area contributed by atoms with E-state index in [9.17, 15) is 34.5 Å². The van der Waals surface area contributed by atoms with Crippen LogP contribution < -0.4 is 0 Å². The first-order valence-electron chi connectivity index (χ1n) is 30.6. The normalized spacial score (nSPS) is 18.6. The van der Waals surface area contributed by atoms with Gasteiger partial charge in [-0.05, 0) is 89.9 Å². The highest BCUT2D eigenvalue weighted by Gasteiger charge is 2.50. The van der Waals surface area contributed by atoms with E-state index < -0.39 is 67.3 Å². The van der Waals surface area contributed by atoms with Crippen molar-refractivity contribution < 1.29 is 58.2 Å². The van der Waals surface area contributed by atoms with Gasteiger partial charge in [0.05, 0.1) is 6.61 Å². The van der Waals surface area contributed by atoms with Crippen molar-refractivity contribution in [1.29, 1.82) is 0 Å². The van der Waals surface area contributed by atoms with Crippen molar-refractivity contribution in [1.82, 2.24) is 0 Å². The van der Waals surface area contributed by atoms with Gasteiger partial charge < -0.3 is 39.0 Å². The molecule has 0 aromatic heterocycles. The first kappa shape index (κ1) is 70.9. The summed E-state index contributed by atoms with van der Waals surface area (Å²) < 4.78 is 28.4. The molecule has 1 saturated heterocycles. The summed E-state index contributed by atoms with van der Waals surface area (Å²) in [5.41, 5.74) is 0. The Morgan fingerprint density at radius 3 is 1.31 bits per heavy atom. The van der Waals surface area contributed by atoms with E-state index in [1.807, 2.05) is 6.08 Å². The number of aliphatic hydroxyl groups is 2. The van der Waals surface area contributed by atoms with Gasteiger partial charge in [-0.15, -0.1) is 0 Å². The SMILES string of the molecule is CC/C=C\C/C=C\C/C=C\C/C=C\C/C=C\CCCC(=O)OCC(COC1OC(C(=O)O)C(O)C(O)C1OC(=O)CCCCCCCCC/C=C\C/C=C\CCCCC)OC(=O)CCCCCCCCCCCCCCC. The maximum atomic E-state index is 13.1. The predicted octanol–water partition coefficient (Wildman–Crippen LogP) is 15.9. The minimum absolute atomic E-state index is 0.0443. The van der Waals surface area contributed by atoms with Gasteiger partial charge in [0.1, 0.15) is 18.8 Å². The Balaban J connectivity index is 2.71. The van der Waals surface area contributed by atoms with Crippen LogP contribution in [0.15, 0.2) is 85.1 Å². The quantitative estimate of drug-likeness (QED) is 0.0228. The van der Waals surface area contributed by atoms with Crippen LogP contribution in [0.2, 0.25) is 0 Å². The summed E-state index contributed by atoms with van der Waals surface area (Å²) >= 11 is 0. The van der Waals surface area contributed by atoms with Crippen molar-refractivity contribution in [3.8, 4) is 0 Å². The smallest absolute Gasteiger partial charge is 0.335 e. The number of carboxylic acid groups (broad SMARTS) is 1. The Kier molecular flexibility index (Phi) is 48.4. The third kappa shape index (κ3) is 42.5. The third-order valence-electron chi connectivity index (χ3n) is 13.5. The monoisotopic (exact) mass is 1080 g/mol. The van der Waals surface area contributed by atoms with Gasteiger partial charge in [0.25, 0.3) is 0 Å². The number of esters is 3. The zero-order chi connectivity index (χ0) is 56.1. The molecule has 3 N–H and O–H groups in total. The van der Waals surface area contributed by atoms with Crippen LogP contribution in [0.1, 0.15) is 252 Å². The van der Waals surface area contributed by atoms with Gasteiger partial charge in [-0.25, -0.2) is 4.79 Å². The molecule has 1 rings (SSSR count). The van der Waals surface area contributed by atoms with Crippen LogP contribution >= 0.6 is 0 Å². The molecule has 6 unspecified atom stereocenters. The summed E-state index contributed by atoms with van der Waals surface area (Å²) in [5, 5.41) is 31.5. The number of ether oxygens (including phenoxy) is 5. The molecule has 77 heavy (non-hydrogen) atoms. The van der Waals surface area contributed by atoms with Gasteiger partial charge >= 0.3 is 23.9 Å². The molecule has 1 aliphatic heterocycles. The molecule has 0 radical (unpaired) electrons. The topological polar surface area (TPSA) is 175 Å². The third-order valence-corrected chi connectivity index (χ3v) is 13.5. The lowest BCUT2D eigenvalue weighted by atomic mass is 9.98. The first-order chi connectivity index (χ1) is 37.6. The molecule has 1 heterocycles. The van der Waals surface area contributed by atoms with Crippen LogP contribution in [0, 0.1) is 0 Å². The Bertz CT molecular complexity index is 1660. The number of allylic oxidation sites excluding steroid dienone is 14. The lowest BCUT2D eigenvalue weighted by Crippen LogP contribution is -2.61. The maximum Gasteiger partial charge on any atom is 0.335 e. The van der Waals surface area contributed by atoms with Crippen LogP contribution in [-0.4, -0.2) is 89.2 Å². The average molecular weight is 1080 g/mol. The minimum Gasteiger partial charge on any atom is -0.479 e. The van der Waals surface area contributed by atoms with E-state index in [1.165, 1.54) is 77.0 Å². The molecule has 12 heteroatoms. The van der Waals surface area contributed by atoms with Crippen LogP contribution in [0.5, 0.6) is 0 Å². The number of unbranched alkanes of at least 4 members (excludes halogenated alkanes) is 23. The van der Waals surface area contributed by atoms with Gasteiger partial charge in [0, 0.05) is 19.3 Å². The van der Waals surface area contributed by atoms with E-state index >= 15 is 0 Å². The average Bonchev–Trinajstić information content (AvgIpc) is 3.42. The fraction of sp³-hybridized carbons (Fsp3) is 0.723. The molecule has 0 amide bonds. The summed E-state index contributed by atoms with van der Waals surface area (Å²) in [6.45, 7) is 5.81. The van der Waals surface area contributed by atoms with Gasteiger partial charge in [-0.3, -0.25) is 14.4 Å². The number of carbonyl (C=O) groups is 4. The summed E-state index contributed by atoms with van der Waals surface area (Å²) in [5.74, 6) is -3.20. The summed E-state index contributed by atoms with van der Waals surface area (Å²) in [4.78, 5) is 51.2. The second-order valence-corrected chi connectivity index (χ2v) is 20.6. The number of carboxylic acids is 1. The van der Waals surface area contributed by atoms with Crippen molar-refractivity contribution in [3.63, 3.8) is 0 Å². The fourth-order valence-corrected chi connectivity index (χ4v) is 8.79. The number of hydrogen-bond acceptors (Lipinski definition) is 11. The minimum atomic E-state index is -1.91. The van der Waals surface area contributed by atoms with Crippen molar-refractivity contribution in [2.75, 3.05) is 13.2 Å². The fourth-order valence-electron chi connectivity index (χ4n) is 8.79. The van der Waals surface area contributed by atoms with Gasteiger partial charge in [-0.1, -0.05) is 228 Å². The molecular formula is C65H108O12. The molecule has 440 valence electrons. The second-order valence-electron chi connectivity index (χ2n) is 20.6. The highest BCUT2D eigenvalue weighted by Crippen LogP contribution is 2.26. The second kappa shape index (κ2) is 52.6. The van der Waals surface area contributed by atoms with Crippen LogP contribution in [0.3, 0.4) is 0 Å². The molecule has 12 nitrogen and oxygen atoms in total. The number of carbonyl (C=O) groups excluding carboxylic acids is 3. The standard InChI is InChI=1S/C65H108O12/c1-4-7-10-13-16-19-22-25-27-29-31-34-36-39-42-45-48-51-57(66)73-54-56(75-58(67)52-49-46-43-40-37-33-24-21-18-15-12-9-6-3)55-74-65-63(61(70)60(69)62(77-65)64(71)72)76-59(68)53-50-47-44-41-38-35-32-30-28-26-23-20-17-14-11-8-5-2/h7,10,16-17,19-20,25-28,31,34,39,42,56,60-63,65,69-70H,4-6,8-9,11-15,18,21-24,29-30,32-33,35-38,40-41,43-55H2,1-3H3,(H,71,72)/b10-7-,19-16-,20-17-,27-25-,28-26-,34-31-,42-39-. The highest BCUT2D eigenvalue weighted by atomic mass is 16.7. The van der Waals surface area contributed by atoms with Crippen molar-refractivity contribution in [2.45, 2.75) is 289 Å². The molecule has 0 bridgehead atoms. The Labute approximate surface area is 467 Å². The number of hydrogen-bond donors (Lipinski definition) is 3. The molecule has 0 spiro atoms. The van der Waals surface area contributed by atoms with E-state index in [1.54, 1.807) is 0 Å². The molecule has 1 aliphatic rings. The molecule has 0 aromatic rings. The van der Waals surface area contributed by atoms with E-state index in [-0.39, 0.29) is 25.9 Å². The van der Waals surface area contributed by atoms with Gasteiger partial charge in [0.2, 0.25) is 0 Å². The van der Waals surface area contributed by atoms with Gasteiger partial charge in [0.15, 0.2) is 24.6 Å². The van der Waals surface area contributed by atoms with E-state index in [0.29, 0.717) is 25.7 Å². The largest absolute Gasteiger partial charge is 0.479 e. The predicted molar refractivity (Wildman–Crippen MR) is 312 cm³/mol. The van der Waals surface area contributed by atoms with Crippen molar-refractivity contribution in [3.05, 3.63) is 85.1 Å². The first-order valence-corrected chi connectivity index (χ1v) is 30.6. The van der Waals surface area contributed by atoms with E-state index in [2.05, 4.69) is 99.8 Å². The van der Waals surface area contributed by atoms with Gasteiger partial charge in [-0.2, -0.15) is 0 Å². The molecule has 6 atom stereocenters. The number of aliphatic carboxylic acids is 1. The Morgan fingerprint density at radius 1 is 0.442 bits per heavy atom. The van der Waals surface area contributed by atoms with Crippen molar-refractivity contribution >= 4 is 23.9 Å². The molecule has 1 fully saturated rings. The van der Waals surface area contributed by atoms with Crippen LogP contribution in [0.4, 0.5) is 0 Å². The van der Waals surface area contributed by atoms with Crippen molar-refractivity contribution in [2.24, 2.45) is 0 Å². The highest BCUT2D eigenvalue weighted by molar-refractivity contribution is 5.74. The molecular weight excluding hydrogens is 973 g/mol. The summed E-state index contributed by atoms with van der Waals surface area (Å²) in [7, 11) is 0. The van der Waals surface area contributed by atoms with Crippen LogP contribution in [0.25, 0.3) is 0 Å². The molecule has 0 saturated carbocycles. The lowest BCUT2D eigenvalue weighted by Gasteiger charge is -2.40. The summed E-state index contributed by atoms with van der Waals surface area (Å²) in [6, 6.07) is 0. The maximum absolute atomic E-state index is 13.1. The van der Waals surface area contributed by atoms with Crippen LogP contribution in [-0.2, 0) is 42.9 Å². The molecule has 0 aromatic carbocycles. The Hall–Kier alpha value is -4.10. The zero-order valence-corrected chi connectivity index (χ0v) is 48.4. The molecule has 0 aliphatic carbocycles. The Morgan fingerprint density at radius 2 is 0.831 bits per heavy atom. The zero-order valence-electron chi connectivity index (χ0n) is 48.4. The lowest BCUT2D eigenvalue weighted by molar-refractivity contribution is -0.301. The number of aliphatic hydroxyl groups excluding tert-OH is 2.